The van der Waals surface area contributed by atoms with Crippen LogP contribution in [0, 0.1) is 6.92 Å². The lowest BCUT2D eigenvalue weighted by Crippen LogP contribution is -2.17. The van der Waals surface area contributed by atoms with Gasteiger partial charge in [0.15, 0.2) is 17.5 Å². The highest BCUT2D eigenvalue weighted by Gasteiger charge is 2.34. The number of aromatic nitrogens is 3. The van der Waals surface area contributed by atoms with Crippen molar-refractivity contribution < 1.29 is 0 Å². The predicted octanol–water partition coefficient (Wildman–Crippen LogP) is 5.50. The lowest BCUT2D eigenvalue weighted by atomic mass is 10.1. The molecule has 0 saturated carbocycles. The Balaban J connectivity index is 2.70. The Labute approximate surface area is 151 Å². The van der Waals surface area contributed by atoms with Crippen LogP contribution in [0.2, 0.25) is 0 Å². The van der Waals surface area contributed by atoms with Gasteiger partial charge in [-0.15, -0.1) is 0 Å². The van der Waals surface area contributed by atoms with Crippen molar-refractivity contribution in [2.45, 2.75) is 14.5 Å². The van der Waals surface area contributed by atoms with Crippen molar-refractivity contribution in [3.63, 3.8) is 0 Å². The van der Waals surface area contributed by atoms with E-state index in [9.17, 15) is 0 Å². The Kier molecular flexibility index (Phi) is 5.14. The average Bonchev–Trinajstić information content (AvgIpc) is 2.36. The van der Waals surface area contributed by atoms with Gasteiger partial charge in [0.1, 0.15) is 0 Å². The minimum atomic E-state index is -1.86. The van der Waals surface area contributed by atoms with E-state index in [1.807, 2.05) is 31.2 Å². The Morgan fingerprint density at radius 1 is 0.762 bits per heavy atom. The molecule has 1 aromatic carbocycles. The van der Waals surface area contributed by atoms with Crippen molar-refractivity contribution in [2.75, 3.05) is 0 Å². The van der Waals surface area contributed by atoms with Crippen molar-refractivity contribution in [3.05, 3.63) is 41.5 Å². The lowest BCUT2D eigenvalue weighted by molar-refractivity contribution is 0.850. The molecule has 1 heterocycles. The molecular weight excluding hydrogens is 399 g/mol. The van der Waals surface area contributed by atoms with E-state index < -0.39 is 7.59 Å². The van der Waals surface area contributed by atoms with Gasteiger partial charge in [-0.3, -0.25) is 0 Å². The summed E-state index contributed by atoms with van der Waals surface area (Å²) in [5, 5.41) is 0. The molecule has 0 aliphatic heterocycles. The van der Waals surface area contributed by atoms with Crippen LogP contribution in [0.3, 0.4) is 0 Å². The second-order valence-corrected chi connectivity index (χ2v) is 8.68. The van der Waals surface area contributed by atoms with E-state index in [0.717, 1.165) is 11.1 Å². The van der Waals surface area contributed by atoms with Crippen molar-refractivity contribution >= 4 is 69.6 Å². The van der Waals surface area contributed by atoms with Crippen LogP contribution in [-0.2, 0) is 7.59 Å². The summed E-state index contributed by atoms with van der Waals surface area (Å²) in [6, 6.07) is 7.42. The van der Waals surface area contributed by atoms with Crippen LogP contribution in [0.1, 0.15) is 17.2 Å². The van der Waals surface area contributed by atoms with E-state index in [0.29, 0.717) is 0 Å². The van der Waals surface area contributed by atoms with E-state index in [-0.39, 0.29) is 17.5 Å². The topological polar surface area (TPSA) is 38.7 Å². The number of aryl methyl sites for hydroxylation is 1. The summed E-state index contributed by atoms with van der Waals surface area (Å²) in [4.78, 5) is 12.2. The number of hydrogen-bond acceptors (Lipinski definition) is 3. The predicted molar refractivity (Wildman–Crippen MR) is 88.5 cm³/mol. The highest BCUT2D eigenvalue weighted by atomic mass is 35.6. The van der Waals surface area contributed by atoms with Gasteiger partial charge in [0, 0.05) is 5.56 Å². The fourth-order valence-corrected chi connectivity index (χ4v) is 2.08. The number of hydrogen-bond donors (Lipinski definition) is 0. The fourth-order valence-electron chi connectivity index (χ4n) is 1.57. The zero-order chi connectivity index (χ0) is 15.8. The number of alkyl halides is 6. The molecule has 112 valence electrons. The van der Waals surface area contributed by atoms with Crippen LogP contribution >= 0.6 is 69.6 Å². The van der Waals surface area contributed by atoms with E-state index in [4.69, 9.17) is 69.6 Å². The van der Waals surface area contributed by atoms with Crippen LogP contribution < -0.4 is 0 Å². The van der Waals surface area contributed by atoms with Crippen LogP contribution in [0.5, 0.6) is 0 Å². The number of halogens is 6. The van der Waals surface area contributed by atoms with Crippen molar-refractivity contribution in [1.82, 2.24) is 15.0 Å². The van der Waals surface area contributed by atoms with Crippen LogP contribution in [-0.4, -0.2) is 15.0 Å². The molecule has 0 aliphatic rings. The maximum absolute atomic E-state index is 5.83. The highest BCUT2D eigenvalue weighted by Crippen LogP contribution is 2.40. The van der Waals surface area contributed by atoms with Crippen LogP contribution in [0.25, 0.3) is 11.4 Å². The summed E-state index contributed by atoms with van der Waals surface area (Å²) in [6.45, 7) is 1.89. The second-order valence-electron chi connectivity index (χ2n) is 4.12. The molecule has 0 atom stereocenters. The van der Waals surface area contributed by atoms with Gasteiger partial charge in [0.05, 0.1) is 0 Å². The molecule has 3 nitrogen and oxygen atoms in total. The molecule has 0 amide bonds. The van der Waals surface area contributed by atoms with Gasteiger partial charge in [0.25, 0.3) is 0 Å². The fraction of sp³-hybridized carbons (Fsp3) is 0.250. The Morgan fingerprint density at radius 2 is 1.24 bits per heavy atom. The first kappa shape index (κ1) is 17.3. The lowest BCUT2D eigenvalue weighted by Gasteiger charge is -2.16. The van der Waals surface area contributed by atoms with E-state index in [1.54, 1.807) is 0 Å². The standard InChI is InChI=1S/C12H7Cl6N3/c1-6-4-2-3-5-7(6)8-19-9(11(13,14)15)21-10(20-8)12(16,17)18/h2-5H,1H3. The van der Waals surface area contributed by atoms with Crippen molar-refractivity contribution in [3.8, 4) is 11.4 Å². The number of nitrogens with zero attached hydrogens (tertiary/aromatic N) is 3. The summed E-state index contributed by atoms with van der Waals surface area (Å²) < 4.78 is -3.71. The summed E-state index contributed by atoms with van der Waals surface area (Å²) in [5.74, 6) is 0.0508. The molecular formula is C12H7Cl6N3. The SMILES string of the molecule is Cc1ccccc1-c1nc(C(Cl)(Cl)Cl)nc(C(Cl)(Cl)Cl)n1. The van der Waals surface area contributed by atoms with Gasteiger partial charge >= 0.3 is 0 Å². The third-order valence-corrected chi connectivity index (χ3v) is 3.54. The molecule has 21 heavy (non-hydrogen) atoms. The van der Waals surface area contributed by atoms with Gasteiger partial charge in [-0.2, -0.15) is 0 Å². The molecule has 0 N–H and O–H groups in total. The Hall–Kier alpha value is -0.0300. The first-order valence-electron chi connectivity index (χ1n) is 5.55. The zero-order valence-electron chi connectivity index (χ0n) is 10.4. The van der Waals surface area contributed by atoms with Crippen LogP contribution in [0.15, 0.2) is 24.3 Å². The largest absolute Gasteiger partial charge is 0.250 e. The van der Waals surface area contributed by atoms with Crippen molar-refractivity contribution in [2.24, 2.45) is 0 Å². The number of rotatable bonds is 1. The van der Waals surface area contributed by atoms with Gasteiger partial charge in [-0.05, 0) is 12.5 Å². The van der Waals surface area contributed by atoms with E-state index >= 15 is 0 Å². The summed E-state index contributed by atoms with van der Waals surface area (Å²) in [5.41, 5.74) is 1.65. The molecule has 0 radical (unpaired) electrons. The molecule has 0 bridgehead atoms. The minimum Gasteiger partial charge on any atom is -0.209 e. The molecule has 2 aromatic rings. The smallest absolute Gasteiger partial charge is 0.209 e. The maximum atomic E-state index is 5.83. The monoisotopic (exact) mass is 403 g/mol. The Bertz CT molecular complexity index is 631. The first-order valence-corrected chi connectivity index (χ1v) is 7.82. The summed E-state index contributed by atoms with van der Waals surface area (Å²) >= 11 is 35.0. The average molecular weight is 406 g/mol. The molecule has 0 fully saturated rings. The zero-order valence-corrected chi connectivity index (χ0v) is 15.0. The Morgan fingerprint density at radius 3 is 1.67 bits per heavy atom. The maximum Gasteiger partial charge on any atom is 0.250 e. The van der Waals surface area contributed by atoms with Gasteiger partial charge in [-0.25, -0.2) is 15.0 Å². The molecule has 1 aromatic heterocycles. The molecule has 0 unspecified atom stereocenters. The minimum absolute atomic E-state index is 0.109. The van der Waals surface area contributed by atoms with Gasteiger partial charge in [-0.1, -0.05) is 93.9 Å². The van der Waals surface area contributed by atoms with Crippen molar-refractivity contribution in [1.29, 1.82) is 0 Å². The number of benzene rings is 1. The third-order valence-electron chi connectivity index (χ3n) is 2.53. The van der Waals surface area contributed by atoms with E-state index in [2.05, 4.69) is 15.0 Å². The molecule has 9 heteroatoms. The molecule has 2 rings (SSSR count). The van der Waals surface area contributed by atoms with Gasteiger partial charge < -0.3 is 0 Å². The molecule has 0 aliphatic carbocycles. The first-order chi connectivity index (χ1) is 9.59. The molecule has 0 saturated heterocycles. The summed E-state index contributed by atoms with van der Waals surface area (Å²) in [6.07, 6.45) is 0. The van der Waals surface area contributed by atoms with Gasteiger partial charge in [0.2, 0.25) is 7.59 Å². The second kappa shape index (κ2) is 6.23. The third kappa shape index (κ3) is 4.25. The normalized spacial score (nSPS) is 12.5. The van der Waals surface area contributed by atoms with E-state index in [1.165, 1.54) is 0 Å². The summed E-state index contributed by atoms with van der Waals surface area (Å²) in [7, 11) is 0. The molecule has 0 spiro atoms. The quantitative estimate of drug-likeness (QED) is 0.588. The van der Waals surface area contributed by atoms with Crippen LogP contribution in [0.4, 0.5) is 0 Å². The highest BCUT2D eigenvalue weighted by molar-refractivity contribution is 6.67.